The largest absolute Gasteiger partial charge is 0.455 e. The summed E-state index contributed by atoms with van der Waals surface area (Å²) in [6.07, 6.45) is 0. The van der Waals surface area contributed by atoms with Crippen LogP contribution in [0.4, 0.5) is 0 Å². The van der Waals surface area contributed by atoms with Crippen molar-refractivity contribution < 1.29 is 9.57 Å². The first-order valence-corrected chi connectivity index (χ1v) is 2.70. The third-order valence-corrected chi connectivity index (χ3v) is 0.912. The number of rotatable bonds is 0. The topological polar surface area (TPSA) is 30.8 Å². The van der Waals surface area contributed by atoms with Gasteiger partial charge in [0.2, 0.25) is 11.5 Å². The van der Waals surface area contributed by atoms with E-state index in [2.05, 4.69) is 9.99 Å². The molecule has 4 heteroatoms. The van der Waals surface area contributed by atoms with E-state index in [1.807, 2.05) is 0 Å². The Labute approximate surface area is 52.2 Å². The zero-order valence-corrected chi connectivity index (χ0v) is 5.18. The van der Waals surface area contributed by atoms with Crippen LogP contribution in [-0.4, -0.2) is 18.1 Å². The summed E-state index contributed by atoms with van der Waals surface area (Å²) < 4.78 is 4.88. The molecule has 0 N–H and O–H groups in total. The molecule has 1 rings (SSSR count). The van der Waals surface area contributed by atoms with E-state index in [1.54, 1.807) is 6.92 Å². The molecule has 1 heterocycles. The average molecular weight is 136 g/mol. The highest BCUT2D eigenvalue weighted by molar-refractivity contribution is 6.20. The van der Waals surface area contributed by atoms with E-state index >= 15 is 0 Å². The Morgan fingerprint density at radius 1 is 1.88 bits per heavy atom. The third-order valence-electron chi connectivity index (χ3n) is 0.697. The maximum atomic E-state index is 5.48. The minimum absolute atomic E-state index is 0.332. The molecule has 0 saturated heterocycles. The van der Waals surface area contributed by atoms with Crippen LogP contribution in [0.25, 0.3) is 0 Å². The van der Waals surface area contributed by atoms with Gasteiger partial charge < -0.3 is 9.57 Å². The van der Waals surface area contributed by atoms with Gasteiger partial charge in [0, 0.05) is 6.92 Å². The fourth-order valence-corrected chi connectivity index (χ4v) is 0.613. The molecule has 0 spiro atoms. The number of oxime groups is 1. The van der Waals surface area contributed by atoms with E-state index < -0.39 is 0 Å². The van der Waals surface area contributed by atoms with Crippen LogP contribution in [0.3, 0.4) is 0 Å². The molecule has 0 aromatic rings. The van der Waals surface area contributed by atoms with Gasteiger partial charge in [-0.15, -0.1) is 0 Å². The molecule has 0 fully saturated rings. The smallest absolute Gasteiger partial charge is 0.224 e. The second-order valence-electron chi connectivity index (χ2n) is 1.43. The fourth-order valence-electron chi connectivity index (χ4n) is 0.427. The standard InChI is InChI=1S/C4H6ClNO2/c1-3-6-7-2-4(5)8-3/h4H,2H2,1H3. The lowest BCUT2D eigenvalue weighted by Gasteiger charge is -2.14. The lowest BCUT2D eigenvalue weighted by Crippen LogP contribution is -2.20. The molecule has 8 heavy (non-hydrogen) atoms. The number of hydrogen-bond donors (Lipinski definition) is 0. The number of ether oxygens (including phenoxy) is 1. The van der Waals surface area contributed by atoms with Gasteiger partial charge in [-0.05, 0) is 0 Å². The molecule has 1 unspecified atom stereocenters. The normalized spacial score (nSPS) is 27.8. The Morgan fingerprint density at radius 3 is 3.00 bits per heavy atom. The van der Waals surface area contributed by atoms with Crippen LogP contribution in [0.5, 0.6) is 0 Å². The number of hydrogen-bond acceptors (Lipinski definition) is 3. The van der Waals surface area contributed by atoms with Crippen molar-refractivity contribution in [3.8, 4) is 0 Å². The Kier molecular flexibility index (Phi) is 1.58. The maximum absolute atomic E-state index is 5.48. The zero-order chi connectivity index (χ0) is 5.98. The second-order valence-corrected chi connectivity index (χ2v) is 1.92. The van der Waals surface area contributed by atoms with Crippen molar-refractivity contribution in [2.24, 2.45) is 5.16 Å². The second kappa shape index (κ2) is 2.22. The van der Waals surface area contributed by atoms with Gasteiger partial charge in [0.05, 0.1) is 0 Å². The highest BCUT2D eigenvalue weighted by atomic mass is 35.5. The first kappa shape index (κ1) is 5.69. The molecule has 0 aliphatic carbocycles. The summed E-state index contributed by atoms with van der Waals surface area (Å²) in [5, 5.41) is 3.49. The van der Waals surface area contributed by atoms with Gasteiger partial charge in [-0.25, -0.2) is 0 Å². The SMILES string of the molecule is CC1=NOCC(Cl)O1. The van der Waals surface area contributed by atoms with Gasteiger partial charge in [-0.3, -0.25) is 0 Å². The summed E-state index contributed by atoms with van der Waals surface area (Å²) in [5.41, 5.74) is -0.368. The molecular formula is C4H6ClNO2. The van der Waals surface area contributed by atoms with Crippen molar-refractivity contribution in [3.05, 3.63) is 0 Å². The maximum Gasteiger partial charge on any atom is 0.224 e. The van der Waals surface area contributed by atoms with Gasteiger partial charge in [0.1, 0.15) is 0 Å². The molecule has 0 amide bonds. The highest BCUT2D eigenvalue weighted by Crippen LogP contribution is 2.05. The number of halogens is 1. The van der Waals surface area contributed by atoms with Gasteiger partial charge in [-0.2, -0.15) is 0 Å². The van der Waals surface area contributed by atoms with Gasteiger partial charge in [0.25, 0.3) is 0 Å². The summed E-state index contributed by atoms with van der Waals surface area (Å²) >= 11 is 5.48. The molecule has 46 valence electrons. The van der Waals surface area contributed by atoms with Gasteiger partial charge in [0.15, 0.2) is 6.61 Å². The third kappa shape index (κ3) is 1.26. The van der Waals surface area contributed by atoms with Crippen LogP contribution in [0, 0.1) is 0 Å². The molecule has 0 aromatic heterocycles. The van der Waals surface area contributed by atoms with Crippen LogP contribution in [0.1, 0.15) is 6.92 Å². The predicted molar refractivity (Wildman–Crippen MR) is 29.8 cm³/mol. The van der Waals surface area contributed by atoms with E-state index in [0.29, 0.717) is 12.5 Å². The molecule has 0 aromatic carbocycles. The Bertz CT molecular complexity index is 115. The molecule has 0 bridgehead atoms. The van der Waals surface area contributed by atoms with Gasteiger partial charge in [-0.1, -0.05) is 16.8 Å². The van der Waals surface area contributed by atoms with Crippen molar-refractivity contribution in [3.63, 3.8) is 0 Å². The zero-order valence-electron chi connectivity index (χ0n) is 4.43. The first-order chi connectivity index (χ1) is 3.79. The van der Waals surface area contributed by atoms with E-state index in [-0.39, 0.29) is 5.56 Å². The molecular weight excluding hydrogens is 130 g/mol. The Hall–Kier alpha value is -0.440. The first-order valence-electron chi connectivity index (χ1n) is 2.26. The van der Waals surface area contributed by atoms with Crippen molar-refractivity contribution in [2.75, 3.05) is 6.61 Å². The van der Waals surface area contributed by atoms with Crippen molar-refractivity contribution in [2.45, 2.75) is 12.5 Å². The van der Waals surface area contributed by atoms with E-state index in [9.17, 15) is 0 Å². The molecule has 1 aliphatic heterocycles. The van der Waals surface area contributed by atoms with Crippen LogP contribution in [0.15, 0.2) is 5.16 Å². The van der Waals surface area contributed by atoms with Crippen LogP contribution >= 0.6 is 11.6 Å². The summed E-state index contributed by atoms with van der Waals surface area (Å²) in [5.74, 6) is 0.483. The van der Waals surface area contributed by atoms with Gasteiger partial charge >= 0.3 is 0 Å². The molecule has 0 saturated carbocycles. The van der Waals surface area contributed by atoms with Crippen LogP contribution in [0.2, 0.25) is 0 Å². The lowest BCUT2D eigenvalue weighted by atomic mass is 10.7. The Balaban J connectivity index is 2.45. The number of nitrogens with zero attached hydrogens (tertiary/aromatic N) is 1. The lowest BCUT2D eigenvalue weighted by molar-refractivity contribution is 0.0453. The van der Waals surface area contributed by atoms with E-state index in [0.717, 1.165) is 0 Å². The molecule has 0 radical (unpaired) electrons. The van der Waals surface area contributed by atoms with E-state index in [1.165, 1.54) is 0 Å². The van der Waals surface area contributed by atoms with Crippen LogP contribution < -0.4 is 0 Å². The van der Waals surface area contributed by atoms with Crippen molar-refractivity contribution in [1.29, 1.82) is 0 Å². The molecule has 1 atom stereocenters. The minimum Gasteiger partial charge on any atom is -0.455 e. The minimum atomic E-state index is -0.368. The van der Waals surface area contributed by atoms with Crippen LogP contribution in [-0.2, 0) is 9.57 Å². The highest BCUT2D eigenvalue weighted by Gasteiger charge is 2.11. The monoisotopic (exact) mass is 135 g/mol. The number of alkyl halides is 1. The molecule has 1 aliphatic rings. The molecule has 3 nitrogen and oxygen atoms in total. The summed E-state index contributed by atoms with van der Waals surface area (Å²) in [6.45, 7) is 2.02. The van der Waals surface area contributed by atoms with E-state index in [4.69, 9.17) is 16.3 Å². The summed E-state index contributed by atoms with van der Waals surface area (Å²) in [4.78, 5) is 4.62. The quantitative estimate of drug-likeness (QED) is 0.463. The summed E-state index contributed by atoms with van der Waals surface area (Å²) in [7, 11) is 0. The Morgan fingerprint density at radius 2 is 2.62 bits per heavy atom. The van der Waals surface area contributed by atoms with Crippen molar-refractivity contribution >= 4 is 17.5 Å². The average Bonchev–Trinajstić information content (AvgIpc) is 1.64. The fraction of sp³-hybridized carbons (Fsp3) is 0.750. The van der Waals surface area contributed by atoms with Crippen molar-refractivity contribution in [1.82, 2.24) is 0 Å². The summed E-state index contributed by atoms with van der Waals surface area (Å²) in [6, 6.07) is 0. The predicted octanol–water partition coefficient (Wildman–Crippen LogP) is 0.931.